The SMILES string of the molecule is BrCC(OCC1CCCCO1)c1cccc(Br)c1. The smallest absolute Gasteiger partial charge is 0.0923 e. The average Bonchev–Trinajstić information content (AvgIpc) is 2.41. The Morgan fingerprint density at radius 1 is 1.39 bits per heavy atom. The van der Waals surface area contributed by atoms with E-state index in [4.69, 9.17) is 9.47 Å². The summed E-state index contributed by atoms with van der Waals surface area (Å²) in [4.78, 5) is 0. The Morgan fingerprint density at radius 3 is 2.94 bits per heavy atom. The van der Waals surface area contributed by atoms with Crippen LogP contribution in [0.2, 0.25) is 0 Å². The Balaban J connectivity index is 1.88. The van der Waals surface area contributed by atoms with Gasteiger partial charge in [0.25, 0.3) is 0 Å². The molecule has 18 heavy (non-hydrogen) atoms. The monoisotopic (exact) mass is 376 g/mol. The molecule has 1 fully saturated rings. The Kier molecular flexibility index (Phi) is 6.15. The van der Waals surface area contributed by atoms with Gasteiger partial charge in [-0.25, -0.2) is 0 Å². The second kappa shape index (κ2) is 7.63. The molecule has 4 heteroatoms. The molecule has 1 aromatic carbocycles. The molecule has 1 saturated heterocycles. The maximum absolute atomic E-state index is 5.98. The van der Waals surface area contributed by atoms with Gasteiger partial charge in [-0.05, 0) is 37.0 Å². The van der Waals surface area contributed by atoms with Crippen LogP contribution in [-0.2, 0) is 9.47 Å². The molecule has 0 bridgehead atoms. The first-order valence-electron chi connectivity index (χ1n) is 6.34. The highest BCUT2D eigenvalue weighted by Crippen LogP contribution is 2.24. The van der Waals surface area contributed by atoms with E-state index in [1.54, 1.807) is 0 Å². The molecule has 0 aromatic heterocycles. The second-order valence-electron chi connectivity index (χ2n) is 4.52. The first-order valence-corrected chi connectivity index (χ1v) is 8.25. The van der Waals surface area contributed by atoms with Crippen molar-refractivity contribution in [1.29, 1.82) is 0 Å². The largest absolute Gasteiger partial charge is 0.376 e. The Bertz CT molecular complexity index is 365. The van der Waals surface area contributed by atoms with Gasteiger partial charge in [-0.1, -0.05) is 44.0 Å². The molecule has 0 N–H and O–H groups in total. The first-order chi connectivity index (χ1) is 8.79. The lowest BCUT2D eigenvalue weighted by atomic mass is 10.1. The van der Waals surface area contributed by atoms with Crippen LogP contribution in [0, 0.1) is 0 Å². The number of rotatable bonds is 5. The minimum Gasteiger partial charge on any atom is -0.376 e. The van der Waals surface area contributed by atoms with Crippen LogP contribution >= 0.6 is 31.9 Å². The fourth-order valence-electron chi connectivity index (χ4n) is 2.10. The Hall–Kier alpha value is 0.100. The van der Waals surface area contributed by atoms with Gasteiger partial charge in [0.2, 0.25) is 0 Å². The number of hydrogen-bond acceptors (Lipinski definition) is 2. The van der Waals surface area contributed by atoms with E-state index in [9.17, 15) is 0 Å². The van der Waals surface area contributed by atoms with E-state index in [2.05, 4.69) is 44.0 Å². The first kappa shape index (κ1) is 14.5. The van der Waals surface area contributed by atoms with Gasteiger partial charge in [0.05, 0.1) is 18.8 Å². The van der Waals surface area contributed by atoms with E-state index < -0.39 is 0 Å². The van der Waals surface area contributed by atoms with Crippen LogP contribution in [0.1, 0.15) is 30.9 Å². The van der Waals surface area contributed by atoms with Gasteiger partial charge in [-0.3, -0.25) is 0 Å². The van der Waals surface area contributed by atoms with Crippen LogP contribution < -0.4 is 0 Å². The molecule has 100 valence electrons. The molecule has 0 amide bonds. The number of halogens is 2. The van der Waals surface area contributed by atoms with Gasteiger partial charge >= 0.3 is 0 Å². The van der Waals surface area contributed by atoms with Crippen LogP contribution in [0.4, 0.5) is 0 Å². The minimum atomic E-state index is 0.0908. The molecule has 1 aliphatic heterocycles. The number of ether oxygens (including phenoxy) is 2. The number of alkyl halides is 1. The molecule has 1 aliphatic rings. The van der Waals surface area contributed by atoms with Gasteiger partial charge in [-0.15, -0.1) is 0 Å². The summed E-state index contributed by atoms with van der Waals surface area (Å²) in [5.41, 5.74) is 1.19. The zero-order valence-electron chi connectivity index (χ0n) is 10.3. The fraction of sp³-hybridized carbons (Fsp3) is 0.571. The van der Waals surface area contributed by atoms with Crippen molar-refractivity contribution < 1.29 is 9.47 Å². The van der Waals surface area contributed by atoms with E-state index >= 15 is 0 Å². The van der Waals surface area contributed by atoms with Crippen LogP contribution in [0.3, 0.4) is 0 Å². The van der Waals surface area contributed by atoms with E-state index in [1.165, 1.54) is 18.4 Å². The lowest BCUT2D eigenvalue weighted by molar-refractivity contribution is -0.0585. The van der Waals surface area contributed by atoms with Gasteiger partial charge in [0, 0.05) is 16.4 Å². The van der Waals surface area contributed by atoms with Gasteiger partial charge in [0.15, 0.2) is 0 Å². The highest BCUT2D eigenvalue weighted by atomic mass is 79.9. The molecular formula is C14H18Br2O2. The van der Waals surface area contributed by atoms with Gasteiger partial charge in [0.1, 0.15) is 0 Å². The van der Waals surface area contributed by atoms with Crippen molar-refractivity contribution in [2.45, 2.75) is 31.5 Å². The molecule has 2 nitrogen and oxygen atoms in total. The van der Waals surface area contributed by atoms with Crippen molar-refractivity contribution in [2.24, 2.45) is 0 Å². The summed E-state index contributed by atoms with van der Waals surface area (Å²) in [5.74, 6) is 0. The molecule has 2 atom stereocenters. The zero-order valence-corrected chi connectivity index (χ0v) is 13.5. The summed E-state index contributed by atoms with van der Waals surface area (Å²) in [6.07, 6.45) is 3.92. The van der Waals surface area contributed by atoms with E-state index in [0.717, 1.165) is 22.8 Å². The lowest BCUT2D eigenvalue weighted by Crippen LogP contribution is -2.25. The highest BCUT2D eigenvalue weighted by molar-refractivity contribution is 9.10. The predicted molar refractivity (Wildman–Crippen MR) is 80.2 cm³/mol. The maximum Gasteiger partial charge on any atom is 0.0923 e. The highest BCUT2D eigenvalue weighted by Gasteiger charge is 2.17. The predicted octanol–water partition coefficient (Wildman–Crippen LogP) is 4.47. The van der Waals surface area contributed by atoms with Crippen molar-refractivity contribution >= 4 is 31.9 Å². The topological polar surface area (TPSA) is 18.5 Å². The maximum atomic E-state index is 5.98. The fourth-order valence-corrected chi connectivity index (χ4v) is 3.08. The lowest BCUT2D eigenvalue weighted by Gasteiger charge is -2.25. The Morgan fingerprint density at radius 2 is 2.28 bits per heavy atom. The van der Waals surface area contributed by atoms with Crippen LogP contribution in [0.15, 0.2) is 28.7 Å². The van der Waals surface area contributed by atoms with E-state index in [-0.39, 0.29) is 12.2 Å². The van der Waals surface area contributed by atoms with Crippen LogP contribution in [0.5, 0.6) is 0 Å². The zero-order chi connectivity index (χ0) is 12.8. The standard InChI is InChI=1S/C14H18Br2O2/c15-9-14(11-4-3-5-12(16)8-11)18-10-13-6-1-2-7-17-13/h3-5,8,13-14H,1-2,6-7,9-10H2. The molecule has 0 saturated carbocycles. The quantitative estimate of drug-likeness (QED) is 0.704. The van der Waals surface area contributed by atoms with Crippen molar-refractivity contribution in [2.75, 3.05) is 18.5 Å². The van der Waals surface area contributed by atoms with Crippen LogP contribution in [0.25, 0.3) is 0 Å². The van der Waals surface area contributed by atoms with E-state index in [1.807, 2.05) is 12.1 Å². The van der Waals surface area contributed by atoms with Gasteiger partial charge < -0.3 is 9.47 Å². The number of hydrogen-bond donors (Lipinski definition) is 0. The normalized spacial score (nSPS) is 21.8. The van der Waals surface area contributed by atoms with Crippen molar-refractivity contribution in [3.63, 3.8) is 0 Å². The molecule has 0 aliphatic carbocycles. The van der Waals surface area contributed by atoms with Crippen molar-refractivity contribution in [1.82, 2.24) is 0 Å². The third-order valence-electron chi connectivity index (χ3n) is 3.12. The summed E-state index contributed by atoms with van der Waals surface area (Å²) in [6, 6.07) is 8.26. The van der Waals surface area contributed by atoms with E-state index in [0.29, 0.717) is 6.61 Å². The van der Waals surface area contributed by atoms with Gasteiger partial charge in [-0.2, -0.15) is 0 Å². The summed E-state index contributed by atoms with van der Waals surface area (Å²) in [5, 5.41) is 0.802. The summed E-state index contributed by atoms with van der Waals surface area (Å²) < 4.78 is 12.7. The molecular weight excluding hydrogens is 360 g/mol. The molecule has 0 radical (unpaired) electrons. The Labute approximate surface area is 125 Å². The molecule has 2 unspecified atom stereocenters. The summed E-state index contributed by atoms with van der Waals surface area (Å²) in [7, 11) is 0. The summed E-state index contributed by atoms with van der Waals surface area (Å²) in [6.45, 7) is 1.56. The molecule has 1 aromatic rings. The third-order valence-corrected chi connectivity index (χ3v) is 4.20. The average molecular weight is 378 g/mol. The van der Waals surface area contributed by atoms with Crippen LogP contribution in [-0.4, -0.2) is 24.6 Å². The minimum absolute atomic E-state index is 0.0908. The molecule has 1 heterocycles. The van der Waals surface area contributed by atoms with Crippen molar-refractivity contribution in [3.8, 4) is 0 Å². The summed E-state index contributed by atoms with van der Waals surface area (Å²) >= 11 is 7.01. The van der Waals surface area contributed by atoms with Crippen molar-refractivity contribution in [3.05, 3.63) is 34.3 Å². The molecule has 2 rings (SSSR count). The second-order valence-corrected chi connectivity index (χ2v) is 6.08. The third kappa shape index (κ3) is 4.34. The number of benzene rings is 1. The molecule has 0 spiro atoms.